The van der Waals surface area contributed by atoms with Gasteiger partial charge >= 0.3 is 6.03 Å². The van der Waals surface area contributed by atoms with Gasteiger partial charge in [0.25, 0.3) is 0 Å². The molecule has 12 heteroatoms. The summed E-state index contributed by atoms with van der Waals surface area (Å²) in [6, 6.07) is 20.4. The molecule has 5 aromatic rings. The summed E-state index contributed by atoms with van der Waals surface area (Å²) in [5.74, 6) is 0.764. The monoisotopic (exact) mass is 774 g/mol. The number of amides is 3. The second kappa shape index (κ2) is 15.1. The maximum absolute atomic E-state index is 15.2. The number of halogens is 2. The first-order chi connectivity index (χ1) is 27.2. The van der Waals surface area contributed by atoms with Gasteiger partial charge in [-0.05, 0) is 106 Å². The van der Waals surface area contributed by atoms with Crippen LogP contribution in [0.2, 0.25) is 5.02 Å². The number of carbonyl (C=O) groups excluding carboxylic acids is 2. The van der Waals surface area contributed by atoms with Crippen molar-refractivity contribution in [3.8, 4) is 6.07 Å². The zero-order valence-corrected chi connectivity index (χ0v) is 32.6. The van der Waals surface area contributed by atoms with E-state index in [0.29, 0.717) is 28.3 Å². The molecule has 2 N–H and O–H groups in total. The molecule has 9 rings (SSSR count). The lowest BCUT2D eigenvalue weighted by Gasteiger charge is -2.38. The van der Waals surface area contributed by atoms with Crippen molar-refractivity contribution < 1.29 is 14.0 Å². The molecule has 4 fully saturated rings. The molecule has 3 amide bonds. The molecule has 1 atom stereocenters. The van der Waals surface area contributed by atoms with Crippen LogP contribution in [0.3, 0.4) is 0 Å². The predicted octanol–water partition coefficient (Wildman–Crippen LogP) is 8.25. The maximum atomic E-state index is 15.2. The number of H-pyrrole nitrogens is 1. The van der Waals surface area contributed by atoms with Crippen LogP contribution in [0, 0.1) is 23.1 Å². The number of piperidine rings is 3. The number of aromatic amines is 1. The van der Waals surface area contributed by atoms with Crippen LogP contribution in [-0.4, -0.2) is 78.7 Å². The Labute approximate surface area is 331 Å². The number of benzene rings is 3. The number of nitriles is 1. The van der Waals surface area contributed by atoms with E-state index in [-0.39, 0.29) is 24.6 Å². The molecule has 4 aliphatic heterocycles. The summed E-state index contributed by atoms with van der Waals surface area (Å²) in [4.78, 5) is 36.3. The molecule has 290 valence electrons. The van der Waals surface area contributed by atoms with Crippen LogP contribution in [0.15, 0.2) is 60.8 Å². The van der Waals surface area contributed by atoms with Crippen molar-refractivity contribution in [1.29, 1.82) is 5.26 Å². The van der Waals surface area contributed by atoms with Gasteiger partial charge in [-0.2, -0.15) is 5.26 Å². The molecular formula is C44H48ClFN8O2. The molecule has 0 unspecified atom stereocenters. The van der Waals surface area contributed by atoms with Gasteiger partial charge in [0.1, 0.15) is 11.9 Å². The molecule has 10 nitrogen and oxygen atoms in total. The first kappa shape index (κ1) is 36.6. The third-order valence-corrected chi connectivity index (χ3v) is 13.3. The van der Waals surface area contributed by atoms with Crippen LogP contribution in [0.4, 0.5) is 26.2 Å². The number of aryl methyl sites for hydroxylation is 1. The summed E-state index contributed by atoms with van der Waals surface area (Å²) in [5.41, 5.74) is 7.67. The molecule has 0 bridgehead atoms. The topological polar surface area (TPSA) is 104 Å². The Morgan fingerprint density at radius 2 is 1.66 bits per heavy atom. The highest BCUT2D eigenvalue weighted by atomic mass is 35.5. The fourth-order valence-corrected chi connectivity index (χ4v) is 10.1. The number of rotatable bonds is 7. The van der Waals surface area contributed by atoms with Gasteiger partial charge in [-0.3, -0.25) is 15.0 Å². The minimum Gasteiger partial charge on any atom is -0.372 e. The zero-order chi connectivity index (χ0) is 38.5. The summed E-state index contributed by atoms with van der Waals surface area (Å²) >= 11 is 6.50. The molecule has 0 saturated carbocycles. The number of likely N-dealkylation sites (tertiary alicyclic amines) is 1. The van der Waals surface area contributed by atoms with Crippen molar-refractivity contribution in [1.82, 2.24) is 19.8 Å². The molecule has 56 heavy (non-hydrogen) atoms. The first-order valence-electron chi connectivity index (χ1n) is 20.2. The number of urea groups is 1. The summed E-state index contributed by atoms with van der Waals surface area (Å²) in [5, 5.41) is 14.1. The molecule has 0 aliphatic carbocycles. The van der Waals surface area contributed by atoms with E-state index in [1.165, 1.54) is 40.8 Å². The van der Waals surface area contributed by atoms with Gasteiger partial charge in [0.05, 0.1) is 33.0 Å². The van der Waals surface area contributed by atoms with E-state index >= 15 is 4.39 Å². The number of hydrogen-bond donors (Lipinski definition) is 2. The zero-order valence-electron chi connectivity index (χ0n) is 31.9. The summed E-state index contributed by atoms with van der Waals surface area (Å²) in [6.07, 6.45) is 8.73. The fraction of sp³-hybridized carbons (Fsp3) is 0.432. The highest BCUT2D eigenvalue weighted by Gasteiger charge is 2.30. The summed E-state index contributed by atoms with van der Waals surface area (Å²) in [6.45, 7) is 7.51. The summed E-state index contributed by atoms with van der Waals surface area (Å²) < 4.78 is 17.4. The van der Waals surface area contributed by atoms with Gasteiger partial charge in [-0.25, -0.2) is 9.18 Å². The number of anilines is 3. The Hall–Kier alpha value is -5.05. The number of nitrogens with one attached hydrogen (secondary N) is 2. The number of carbonyl (C=O) groups is 2. The largest absolute Gasteiger partial charge is 0.372 e. The van der Waals surface area contributed by atoms with Crippen molar-refractivity contribution in [3.05, 3.63) is 88.5 Å². The number of nitrogens with zero attached hydrogens (tertiary/aromatic N) is 6. The van der Waals surface area contributed by atoms with Crippen molar-refractivity contribution >= 4 is 62.4 Å². The van der Waals surface area contributed by atoms with Crippen LogP contribution in [0.5, 0.6) is 0 Å². The van der Waals surface area contributed by atoms with E-state index in [2.05, 4.69) is 72.0 Å². The maximum Gasteiger partial charge on any atom is 0.328 e. The minimum atomic E-state index is -0.573. The average Bonchev–Trinajstić information content (AvgIpc) is 3.80. The number of fused-ring (bicyclic) bond motifs is 2. The lowest BCUT2D eigenvalue weighted by molar-refractivity contribution is -0.120. The van der Waals surface area contributed by atoms with Crippen LogP contribution in [-0.2, 0) is 11.8 Å². The van der Waals surface area contributed by atoms with E-state index in [1.54, 1.807) is 12.3 Å². The highest BCUT2D eigenvalue weighted by molar-refractivity contribution is 6.36. The Kier molecular flexibility index (Phi) is 9.88. The number of aromatic nitrogens is 2. The lowest BCUT2D eigenvalue weighted by atomic mass is 9.89. The highest BCUT2D eigenvalue weighted by Crippen LogP contribution is 2.39. The third kappa shape index (κ3) is 6.87. The second-order valence-electron chi connectivity index (χ2n) is 16.3. The molecule has 0 radical (unpaired) electrons. The second-order valence-corrected chi connectivity index (χ2v) is 16.7. The molecule has 3 aromatic carbocycles. The quantitative estimate of drug-likeness (QED) is 0.173. The van der Waals surface area contributed by atoms with Crippen molar-refractivity contribution in [2.24, 2.45) is 13.0 Å². The van der Waals surface area contributed by atoms with E-state index in [1.807, 2.05) is 13.1 Å². The predicted molar refractivity (Wildman–Crippen MR) is 220 cm³/mol. The molecule has 4 saturated heterocycles. The molecule has 0 spiro atoms. The fourth-order valence-electron chi connectivity index (χ4n) is 9.88. The molecular weight excluding hydrogens is 727 g/mol. The van der Waals surface area contributed by atoms with Gasteiger partial charge in [0, 0.05) is 92.9 Å². The Bertz CT molecular complexity index is 2330. The molecule has 2 aromatic heterocycles. The van der Waals surface area contributed by atoms with Crippen molar-refractivity contribution in [2.75, 3.05) is 67.1 Å². The third-order valence-electron chi connectivity index (χ3n) is 13.0. The normalized spacial score (nSPS) is 20.6. The van der Waals surface area contributed by atoms with E-state index in [9.17, 15) is 14.9 Å². The average molecular weight is 775 g/mol. The number of imide groups is 1. The van der Waals surface area contributed by atoms with E-state index in [4.69, 9.17) is 11.6 Å². The summed E-state index contributed by atoms with van der Waals surface area (Å²) in [7, 11) is 2.03. The van der Waals surface area contributed by atoms with Crippen LogP contribution in [0.25, 0.3) is 21.8 Å². The van der Waals surface area contributed by atoms with Gasteiger partial charge in [0.15, 0.2) is 0 Å². The Balaban J connectivity index is 0.768. The van der Waals surface area contributed by atoms with Crippen LogP contribution >= 0.6 is 11.6 Å². The van der Waals surface area contributed by atoms with Gasteiger partial charge in [0.2, 0.25) is 5.91 Å². The van der Waals surface area contributed by atoms with Crippen molar-refractivity contribution in [3.63, 3.8) is 0 Å². The van der Waals surface area contributed by atoms with Crippen LogP contribution in [0.1, 0.15) is 73.6 Å². The number of hydrogen-bond acceptors (Lipinski definition) is 6. The van der Waals surface area contributed by atoms with E-state index < -0.39 is 11.8 Å². The lowest BCUT2D eigenvalue weighted by Crippen LogP contribution is -2.49. The smallest absolute Gasteiger partial charge is 0.328 e. The van der Waals surface area contributed by atoms with E-state index in [0.717, 1.165) is 99.0 Å². The molecule has 6 heterocycles. The van der Waals surface area contributed by atoms with Crippen molar-refractivity contribution in [2.45, 2.75) is 56.8 Å². The van der Waals surface area contributed by atoms with Gasteiger partial charge in [-0.15, -0.1) is 0 Å². The minimum absolute atomic E-state index is 0.159. The SMILES string of the molecule is Cn1c(C2CCN(CC3CCN(c4ccc([C@H]5CCCN(c6ccc(Cl)c7c(C#N)c[nH]c67)C5)cc4)CC3)CC2)cc2cc(F)c(N3CCC(=O)NC3=O)cc21. The van der Waals surface area contributed by atoms with Gasteiger partial charge in [-0.1, -0.05) is 23.7 Å². The van der Waals surface area contributed by atoms with Crippen LogP contribution < -0.4 is 20.0 Å². The Morgan fingerprint density at radius 3 is 2.41 bits per heavy atom. The Morgan fingerprint density at radius 1 is 0.875 bits per heavy atom. The van der Waals surface area contributed by atoms with Gasteiger partial charge < -0.3 is 24.3 Å². The standard InChI is InChI=1S/C44H48ClFN8O2/c1-50-38(22-32-21-36(46)40(23-39(32)50)54-20-14-41(55)49-44(54)56)30-12-16-51(17-13-30)26-28-10-18-52(19-11-28)34-6-4-29(5-7-34)31-3-2-15-53(27-31)37-9-8-35(45)42-33(24-47)25-48-43(37)42/h4-9,21-23,25,28,30-31,48H,2-3,10-20,26-27H2,1H3,(H,49,55,56)/t31-/m0/s1. The first-order valence-corrected chi connectivity index (χ1v) is 20.5. The molecule has 4 aliphatic rings.